The lowest BCUT2D eigenvalue weighted by atomic mass is 10.2. The highest BCUT2D eigenvalue weighted by Gasteiger charge is 2.09. The van der Waals surface area contributed by atoms with Gasteiger partial charge < -0.3 is 10.1 Å². The average Bonchev–Trinajstić information content (AvgIpc) is 2.41. The molecule has 0 saturated heterocycles. The Labute approximate surface area is 140 Å². The number of nitrogens with one attached hydrogen (secondary N) is 1. The zero-order chi connectivity index (χ0) is 15.4. The third kappa shape index (κ3) is 4.79. The second-order valence-corrected chi connectivity index (χ2v) is 6.24. The summed E-state index contributed by atoms with van der Waals surface area (Å²) in [6.07, 6.45) is 0. The van der Waals surface area contributed by atoms with Crippen molar-refractivity contribution >= 4 is 34.8 Å². The highest BCUT2D eigenvalue weighted by atomic mass is 35.5. The second-order valence-electron chi connectivity index (χ2n) is 4.96. The molecule has 2 rings (SSSR count). The van der Waals surface area contributed by atoms with E-state index in [1.54, 1.807) is 24.3 Å². The van der Waals surface area contributed by atoms with E-state index in [-0.39, 0.29) is 0 Å². The summed E-state index contributed by atoms with van der Waals surface area (Å²) in [5.74, 6) is 1.23. The first-order chi connectivity index (χ1) is 9.95. The van der Waals surface area contributed by atoms with Crippen molar-refractivity contribution in [3.05, 3.63) is 57.0 Å². The van der Waals surface area contributed by atoms with Crippen LogP contribution < -0.4 is 10.1 Å². The van der Waals surface area contributed by atoms with Crippen molar-refractivity contribution in [1.82, 2.24) is 5.32 Å². The molecule has 2 aromatic rings. The van der Waals surface area contributed by atoms with Gasteiger partial charge in [-0.05, 0) is 30.3 Å². The number of hydrogen-bond acceptors (Lipinski definition) is 2. The fraction of sp³-hybridized carbons (Fsp3) is 0.250. The summed E-state index contributed by atoms with van der Waals surface area (Å²) in [6.45, 7) is 4.87. The molecule has 0 aromatic heterocycles. The molecule has 0 heterocycles. The fourth-order valence-electron chi connectivity index (χ4n) is 1.76. The van der Waals surface area contributed by atoms with Crippen LogP contribution in [-0.4, -0.2) is 6.04 Å². The normalized spacial score (nSPS) is 11.0. The van der Waals surface area contributed by atoms with Crippen molar-refractivity contribution in [1.29, 1.82) is 0 Å². The van der Waals surface area contributed by atoms with Gasteiger partial charge in [-0.15, -0.1) is 0 Å². The molecule has 0 saturated carbocycles. The minimum atomic E-state index is 0.382. The fourth-order valence-corrected chi connectivity index (χ4v) is 2.37. The van der Waals surface area contributed by atoms with E-state index in [1.807, 2.05) is 12.1 Å². The Balaban J connectivity index is 2.27. The lowest BCUT2D eigenvalue weighted by Gasteiger charge is -2.14. The maximum Gasteiger partial charge on any atom is 0.146 e. The highest BCUT2D eigenvalue weighted by Crippen LogP contribution is 2.34. The number of hydrogen-bond donors (Lipinski definition) is 1. The van der Waals surface area contributed by atoms with Crippen LogP contribution in [0.2, 0.25) is 15.1 Å². The van der Waals surface area contributed by atoms with Crippen molar-refractivity contribution in [2.75, 3.05) is 0 Å². The van der Waals surface area contributed by atoms with Crippen molar-refractivity contribution in [2.45, 2.75) is 26.4 Å². The topological polar surface area (TPSA) is 21.3 Å². The summed E-state index contributed by atoms with van der Waals surface area (Å²) in [4.78, 5) is 0. The molecule has 0 amide bonds. The van der Waals surface area contributed by atoms with Crippen molar-refractivity contribution < 1.29 is 4.74 Å². The summed E-state index contributed by atoms with van der Waals surface area (Å²) in [6, 6.07) is 11.1. The van der Waals surface area contributed by atoms with Crippen molar-refractivity contribution in [3.8, 4) is 11.5 Å². The summed E-state index contributed by atoms with van der Waals surface area (Å²) in [5.41, 5.74) is 1.01. The van der Waals surface area contributed by atoms with E-state index in [9.17, 15) is 0 Å². The van der Waals surface area contributed by atoms with Crippen LogP contribution in [0.4, 0.5) is 0 Å². The Morgan fingerprint density at radius 1 is 0.952 bits per heavy atom. The summed E-state index contributed by atoms with van der Waals surface area (Å²) in [5, 5.41) is 5.00. The molecule has 0 aliphatic heterocycles. The van der Waals surface area contributed by atoms with Gasteiger partial charge in [0.25, 0.3) is 0 Å². The van der Waals surface area contributed by atoms with Gasteiger partial charge >= 0.3 is 0 Å². The van der Waals surface area contributed by atoms with E-state index >= 15 is 0 Å². The molecule has 1 N–H and O–H groups in total. The SMILES string of the molecule is CC(C)NCc1ccc(Cl)cc1Oc1ccc(Cl)cc1Cl. The largest absolute Gasteiger partial charge is 0.455 e. The predicted molar refractivity (Wildman–Crippen MR) is 90.0 cm³/mol. The molecule has 112 valence electrons. The Morgan fingerprint density at radius 2 is 1.62 bits per heavy atom. The Bertz CT molecular complexity index is 629. The molecule has 5 heteroatoms. The molecule has 2 nitrogen and oxygen atoms in total. The first kappa shape index (κ1) is 16.4. The zero-order valence-electron chi connectivity index (χ0n) is 11.8. The van der Waals surface area contributed by atoms with Gasteiger partial charge in [0.15, 0.2) is 0 Å². The van der Waals surface area contributed by atoms with Gasteiger partial charge in [0, 0.05) is 28.2 Å². The monoisotopic (exact) mass is 343 g/mol. The molecular weight excluding hydrogens is 329 g/mol. The first-order valence-corrected chi connectivity index (χ1v) is 7.74. The molecule has 0 atom stereocenters. The Morgan fingerprint density at radius 3 is 2.29 bits per heavy atom. The van der Waals surface area contributed by atoms with E-state index in [2.05, 4.69) is 19.2 Å². The second kappa shape index (κ2) is 7.37. The van der Waals surface area contributed by atoms with Crippen LogP contribution in [0.3, 0.4) is 0 Å². The van der Waals surface area contributed by atoms with E-state index in [0.717, 1.165) is 5.56 Å². The number of ether oxygens (including phenoxy) is 1. The standard InChI is InChI=1S/C16H16Cl3NO/c1-10(2)20-9-11-3-4-13(18)8-16(11)21-15-6-5-12(17)7-14(15)19/h3-8,10,20H,9H2,1-2H3. The van der Waals surface area contributed by atoms with Crippen LogP contribution in [0.25, 0.3) is 0 Å². The van der Waals surface area contributed by atoms with Gasteiger partial charge in [0.1, 0.15) is 11.5 Å². The molecule has 0 aliphatic rings. The van der Waals surface area contributed by atoms with Crippen LogP contribution in [0.15, 0.2) is 36.4 Å². The maximum absolute atomic E-state index is 6.14. The molecule has 0 unspecified atom stereocenters. The van der Waals surface area contributed by atoms with E-state index in [1.165, 1.54) is 0 Å². The molecular formula is C16H16Cl3NO. The van der Waals surface area contributed by atoms with Crippen LogP contribution in [-0.2, 0) is 6.54 Å². The quantitative estimate of drug-likeness (QED) is 0.725. The molecule has 0 aliphatic carbocycles. The van der Waals surface area contributed by atoms with E-state index in [4.69, 9.17) is 39.5 Å². The zero-order valence-corrected chi connectivity index (χ0v) is 14.1. The average molecular weight is 345 g/mol. The highest BCUT2D eigenvalue weighted by molar-refractivity contribution is 6.35. The Hall–Kier alpha value is -0.930. The van der Waals surface area contributed by atoms with Crippen LogP contribution in [0, 0.1) is 0 Å². The van der Waals surface area contributed by atoms with Gasteiger partial charge in [-0.25, -0.2) is 0 Å². The van der Waals surface area contributed by atoms with Gasteiger partial charge in [-0.2, -0.15) is 0 Å². The van der Waals surface area contributed by atoms with Crippen LogP contribution >= 0.6 is 34.8 Å². The molecule has 0 bridgehead atoms. The first-order valence-electron chi connectivity index (χ1n) is 6.60. The lowest BCUT2D eigenvalue weighted by molar-refractivity contribution is 0.470. The van der Waals surface area contributed by atoms with Gasteiger partial charge in [0.05, 0.1) is 5.02 Å². The molecule has 21 heavy (non-hydrogen) atoms. The molecule has 0 fully saturated rings. The van der Waals surface area contributed by atoms with Crippen molar-refractivity contribution in [2.24, 2.45) is 0 Å². The van der Waals surface area contributed by atoms with Gasteiger partial charge in [0.2, 0.25) is 0 Å². The molecule has 0 radical (unpaired) electrons. The molecule has 0 spiro atoms. The third-order valence-electron chi connectivity index (χ3n) is 2.84. The van der Waals surface area contributed by atoms with Gasteiger partial charge in [-0.3, -0.25) is 0 Å². The lowest BCUT2D eigenvalue weighted by Crippen LogP contribution is -2.22. The minimum absolute atomic E-state index is 0.382. The predicted octanol–water partition coefficient (Wildman–Crippen LogP) is 5.94. The van der Waals surface area contributed by atoms with Crippen molar-refractivity contribution in [3.63, 3.8) is 0 Å². The summed E-state index contributed by atoms with van der Waals surface area (Å²) < 4.78 is 5.89. The number of halogens is 3. The number of rotatable bonds is 5. The smallest absolute Gasteiger partial charge is 0.146 e. The minimum Gasteiger partial charge on any atom is -0.455 e. The third-order valence-corrected chi connectivity index (χ3v) is 3.61. The van der Waals surface area contributed by atoms with Gasteiger partial charge in [-0.1, -0.05) is 54.7 Å². The van der Waals surface area contributed by atoms with E-state index < -0.39 is 0 Å². The molecule has 2 aromatic carbocycles. The van der Waals surface area contributed by atoms with Crippen LogP contribution in [0.5, 0.6) is 11.5 Å². The number of benzene rings is 2. The summed E-state index contributed by atoms with van der Waals surface area (Å²) in [7, 11) is 0. The maximum atomic E-state index is 6.14. The Kier molecular flexibility index (Phi) is 5.77. The van der Waals surface area contributed by atoms with Crippen LogP contribution in [0.1, 0.15) is 19.4 Å². The van der Waals surface area contributed by atoms with E-state index in [0.29, 0.717) is 39.2 Å². The summed E-state index contributed by atoms with van der Waals surface area (Å²) >= 11 is 18.1.